The number of imidazole rings is 1. The van der Waals surface area contributed by atoms with E-state index >= 15 is 0 Å². The lowest BCUT2D eigenvalue weighted by molar-refractivity contribution is 0.100. The first-order valence-corrected chi connectivity index (χ1v) is 9.71. The van der Waals surface area contributed by atoms with E-state index in [9.17, 15) is 4.79 Å². The van der Waals surface area contributed by atoms with Crippen LogP contribution >= 0.6 is 0 Å². The zero-order chi connectivity index (χ0) is 19.8. The molecule has 0 saturated carbocycles. The van der Waals surface area contributed by atoms with Gasteiger partial charge < -0.3 is 16.0 Å². The summed E-state index contributed by atoms with van der Waals surface area (Å²) >= 11 is 0. The molecule has 1 fully saturated rings. The average Bonchev–Trinajstić information content (AvgIpc) is 3.41. The summed E-state index contributed by atoms with van der Waals surface area (Å²) in [5.41, 5.74) is 10.0. The third-order valence-corrected chi connectivity index (χ3v) is 5.43. The fourth-order valence-electron chi connectivity index (χ4n) is 3.83. The van der Waals surface area contributed by atoms with E-state index in [4.69, 9.17) is 5.73 Å². The van der Waals surface area contributed by atoms with Crippen molar-refractivity contribution in [2.45, 2.75) is 18.9 Å². The van der Waals surface area contributed by atoms with Gasteiger partial charge in [0.25, 0.3) is 5.91 Å². The summed E-state index contributed by atoms with van der Waals surface area (Å²) in [5, 5.41) is 12.0. The molecule has 2 aromatic carbocycles. The topological polar surface area (TPSA) is 115 Å². The van der Waals surface area contributed by atoms with Crippen molar-refractivity contribution in [3.63, 3.8) is 0 Å². The minimum Gasteiger partial charge on any atom is -0.366 e. The molecule has 8 nitrogen and oxygen atoms in total. The van der Waals surface area contributed by atoms with Crippen LogP contribution in [-0.2, 0) is 0 Å². The Morgan fingerprint density at radius 1 is 1.07 bits per heavy atom. The van der Waals surface area contributed by atoms with Crippen molar-refractivity contribution < 1.29 is 4.79 Å². The lowest BCUT2D eigenvalue weighted by Crippen LogP contribution is -2.29. The minimum absolute atomic E-state index is 0.409. The number of piperidine rings is 1. The maximum Gasteiger partial charge on any atom is 0.250 e. The molecule has 0 unspecified atom stereocenters. The average molecular weight is 387 g/mol. The summed E-state index contributed by atoms with van der Waals surface area (Å²) < 4.78 is 1.98. The number of rotatable bonds is 4. The van der Waals surface area contributed by atoms with Crippen LogP contribution in [0.25, 0.3) is 33.7 Å². The van der Waals surface area contributed by atoms with Gasteiger partial charge in [0, 0.05) is 11.1 Å². The van der Waals surface area contributed by atoms with Gasteiger partial charge in [0.2, 0.25) is 0 Å². The number of fused-ring (bicyclic) bond motifs is 1. The summed E-state index contributed by atoms with van der Waals surface area (Å²) in [6.07, 6.45) is 4.16. The van der Waals surface area contributed by atoms with Crippen LogP contribution in [0, 0.1) is 0 Å². The molecule has 4 aromatic rings. The van der Waals surface area contributed by atoms with Crippen molar-refractivity contribution in [3.8, 4) is 22.6 Å². The van der Waals surface area contributed by atoms with Crippen molar-refractivity contribution in [3.05, 3.63) is 54.2 Å². The molecule has 0 bridgehead atoms. The fraction of sp³-hybridized carbons (Fsp3) is 0.238. The largest absolute Gasteiger partial charge is 0.366 e. The second-order valence-corrected chi connectivity index (χ2v) is 7.29. The summed E-state index contributed by atoms with van der Waals surface area (Å²) in [4.78, 5) is 19.5. The number of amides is 1. The number of aromatic amines is 1. The van der Waals surface area contributed by atoms with Gasteiger partial charge in [-0.05, 0) is 38.1 Å². The van der Waals surface area contributed by atoms with Gasteiger partial charge in [-0.25, -0.2) is 9.67 Å². The Hall–Kier alpha value is -3.52. The zero-order valence-electron chi connectivity index (χ0n) is 15.8. The van der Waals surface area contributed by atoms with Gasteiger partial charge >= 0.3 is 0 Å². The molecule has 29 heavy (non-hydrogen) atoms. The number of carbonyl (C=O) groups is 1. The molecule has 0 atom stereocenters. The lowest BCUT2D eigenvalue weighted by Gasteiger charge is -2.22. The number of primary amides is 1. The molecule has 4 N–H and O–H groups in total. The van der Waals surface area contributed by atoms with E-state index in [0.29, 0.717) is 22.9 Å². The van der Waals surface area contributed by atoms with E-state index in [1.807, 2.05) is 41.2 Å². The standard InChI is InChI=1S/C21H21N7O/c22-20(29)16-2-1-3-17-19(16)25-21(24-17)14-6-4-13(5-7-14)18-12-28(27-26-18)15-8-10-23-11-9-15/h1-7,12,15,23H,8-11H2,(H2,22,29)(H,24,25). The van der Waals surface area contributed by atoms with Crippen molar-refractivity contribution >= 4 is 16.9 Å². The van der Waals surface area contributed by atoms with Crippen LogP contribution < -0.4 is 11.1 Å². The molecular weight excluding hydrogens is 366 g/mol. The van der Waals surface area contributed by atoms with Crippen LogP contribution in [0.3, 0.4) is 0 Å². The number of H-pyrrole nitrogens is 1. The Labute approximate surface area is 167 Å². The second-order valence-electron chi connectivity index (χ2n) is 7.29. The minimum atomic E-state index is -0.485. The Balaban J connectivity index is 1.42. The van der Waals surface area contributed by atoms with Crippen LogP contribution in [0.4, 0.5) is 0 Å². The number of benzene rings is 2. The van der Waals surface area contributed by atoms with Gasteiger partial charge in [0.05, 0.1) is 23.3 Å². The van der Waals surface area contributed by atoms with E-state index < -0.39 is 5.91 Å². The molecule has 3 heterocycles. The molecule has 2 aromatic heterocycles. The molecule has 5 rings (SSSR count). The number of nitrogens with two attached hydrogens (primary N) is 1. The Bertz CT molecular complexity index is 1170. The van der Waals surface area contributed by atoms with Crippen molar-refractivity contribution in [1.82, 2.24) is 30.3 Å². The van der Waals surface area contributed by atoms with E-state index in [2.05, 4.69) is 25.6 Å². The van der Waals surface area contributed by atoms with Crippen LogP contribution in [0.15, 0.2) is 48.7 Å². The predicted molar refractivity (Wildman–Crippen MR) is 110 cm³/mol. The highest BCUT2D eigenvalue weighted by atomic mass is 16.1. The number of hydrogen-bond acceptors (Lipinski definition) is 5. The summed E-state index contributed by atoms with van der Waals surface area (Å²) in [5.74, 6) is 0.208. The summed E-state index contributed by atoms with van der Waals surface area (Å²) in [6.45, 7) is 2.03. The first-order chi connectivity index (χ1) is 14.2. The number of nitrogens with zero attached hydrogens (tertiary/aromatic N) is 4. The quantitative estimate of drug-likeness (QED) is 0.498. The molecule has 146 valence electrons. The molecule has 8 heteroatoms. The van der Waals surface area contributed by atoms with Gasteiger partial charge in [0.1, 0.15) is 17.0 Å². The van der Waals surface area contributed by atoms with Crippen LogP contribution in [0.5, 0.6) is 0 Å². The van der Waals surface area contributed by atoms with Crippen LogP contribution in [0.2, 0.25) is 0 Å². The highest BCUT2D eigenvalue weighted by molar-refractivity contribution is 6.04. The molecule has 0 aliphatic carbocycles. The number of hydrogen-bond donors (Lipinski definition) is 3. The Kier molecular flexibility index (Phi) is 4.33. The van der Waals surface area contributed by atoms with E-state index in [1.54, 1.807) is 12.1 Å². The first kappa shape index (κ1) is 17.6. The third-order valence-electron chi connectivity index (χ3n) is 5.43. The zero-order valence-corrected chi connectivity index (χ0v) is 15.8. The fourth-order valence-corrected chi connectivity index (χ4v) is 3.83. The van der Waals surface area contributed by atoms with Crippen LogP contribution in [0.1, 0.15) is 29.2 Å². The van der Waals surface area contributed by atoms with Gasteiger partial charge in [-0.15, -0.1) is 5.10 Å². The highest BCUT2D eigenvalue weighted by Crippen LogP contribution is 2.26. The van der Waals surface area contributed by atoms with Gasteiger partial charge in [0.15, 0.2) is 0 Å². The third kappa shape index (κ3) is 3.27. The maximum atomic E-state index is 11.6. The smallest absolute Gasteiger partial charge is 0.250 e. The van der Waals surface area contributed by atoms with Crippen molar-refractivity contribution in [1.29, 1.82) is 0 Å². The lowest BCUT2D eigenvalue weighted by atomic mass is 10.1. The van der Waals surface area contributed by atoms with E-state index in [0.717, 1.165) is 48.3 Å². The van der Waals surface area contributed by atoms with Gasteiger partial charge in [-0.3, -0.25) is 4.79 Å². The molecule has 0 radical (unpaired) electrons. The van der Waals surface area contributed by atoms with E-state index in [-0.39, 0.29) is 0 Å². The number of nitrogens with one attached hydrogen (secondary N) is 2. The highest BCUT2D eigenvalue weighted by Gasteiger charge is 2.17. The molecule has 1 amide bonds. The molecule has 1 aliphatic heterocycles. The number of carbonyl (C=O) groups excluding carboxylic acids is 1. The molecule has 0 spiro atoms. The number of aromatic nitrogens is 5. The van der Waals surface area contributed by atoms with Gasteiger partial charge in [-0.2, -0.15) is 0 Å². The maximum absolute atomic E-state index is 11.6. The normalized spacial score (nSPS) is 15.0. The monoisotopic (exact) mass is 387 g/mol. The van der Waals surface area contributed by atoms with Gasteiger partial charge in [-0.1, -0.05) is 35.5 Å². The molecule has 1 saturated heterocycles. The first-order valence-electron chi connectivity index (χ1n) is 9.71. The number of para-hydroxylation sites is 1. The van der Waals surface area contributed by atoms with Crippen molar-refractivity contribution in [2.75, 3.05) is 13.1 Å². The second kappa shape index (κ2) is 7.14. The molecular formula is C21H21N7O. The summed E-state index contributed by atoms with van der Waals surface area (Å²) in [7, 11) is 0. The summed E-state index contributed by atoms with van der Waals surface area (Å²) in [6, 6.07) is 13.8. The van der Waals surface area contributed by atoms with Crippen molar-refractivity contribution in [2.24, 2.45) is 5.73 Å². The predicted octanol–water partition coefficient (Wildman–Crippen LogP) is 2.51. The Morgan fingerprint density at radius 2 is 1.83 bits per heavy atom. The van der Waals surface area contributed by atoms with Crippen LogP contribution in [-0.4, -0.2) is 44.0 Å². The Morgan fingerprint density at radius 3 is 2.59 bits per heavy atom. The molecule has 1 aliphatic rings. The SMILES string of the molecule is NC(=O)c1cccc2[nH]c(-c3ccc(-c4cn(C5CCNCC5)nn4)cc3)nc12. The van der Waals surface area contributed by atoms with E-state index in [1.165, 1.54) is 0 Å².